The van der Waals surface area contributed by atoms with Gasteiger partial charge in [0.25, 0.3) is 0 Å². The van der Waals surface area contributed by atoms with Crippen molar-refractivity contribution in [3.8, 4) is 11.8 Å². The van der Waals surface area contributed by atoms with Crippen LogP contribution in [0.2, 0.25) is 0 Å². The second-order valence-electron chi connectivity index (χ2n) is 2.96. The van der Waals surface area contributed by atoms with E-state index in [1.807, 2.05) is 6.92 Å². The van der Waals surface area contributed by atoms with Crippen LogP contribution in [0.3, 0.4) is 0 Å². The van der Waals surface area contributed by atoms with Crippen molar-refractivity contribution in [2.75, 3.05) is 11.9 Å². The number of aromatic nitrogens is 1. The normalized spacial score (nSPS) is 8.93. The average Bonchev–Trinajstić information content (AvgIpc) is 2.18. The van der Waals surface area contributed by atoms with Crippen molar-refractivity contribution in [3.63, 3.8) is 0 Å². The van der Waals surface area contributed by atoms with Gasteiger partial charge in [0, 0.05) is 11.9 Å². The number of carboxylic acids is 1. The molecule has 0 saturated heterocycles. The van der Waals surface area contributed by atoms with Crippen molar-refractivity contribution in [2.45, 2.75) is 13.8 Å². The van der Waals surface area contributed by atoms with E-state index in [0.717, 1.165) is 5.69 Å². The number of hydrogen-bond acceptors (Lipinski definition) is 3. The summed E-state index contributed by atoms with van der Waals surface area (Å²) in [6, 6.07) is 1.70. The van der Waals surface area contributed by atoms with Gasteiger partial charge in [-0.3, -0.25) is 4.98 Å². The molecule has 1 rings (SSSR count). The molecule has 0 amide bonds. The summed E-state index contributed by atoms with van der Waals surface area (Å²) in [6.07, 6.45) is 1.35. The maximum absolute atomic E-state index is 10.8. The van der Waals surface area contributed by atoms with Crippen LogP contribution in [0.1, 0.15) is 23.0 Å². The summed E-state index contributed by atoms with van der Waals surface area (Å²) < 4.78 is 0. The van der Waals surface area contributed by atoms with E-state index in [4.69, 9.17) is 5.11 Å². The molecule has 78 valence electrons. The third kappa shape index (κ3) is 2.99. The lowest BCUT2D eigenvalue weighted by Crippen LogP contribution is -2.07. The van der Waals surface area contributed by atoms with Crippen molar-refractivity contribution in [1.29, 1.82) is 0 Å². The second kappa shape index (κ2) is 5.01. The minimum absolute atomic E-state index is 0.165. The molecule has 0 radical (unpaired) electrons. The topological polar surface area (TPSA) is 62.2 Å². The summed E-state index contributed by atoms with van der Waals surface area (Å²) >= 11 is 0. The van der Waals surface area contributed by atoms with Crippen LogP contribution in [0, 0.1) is 18.8 Å². The molecule has 0 aromatic carbocycles. The highest BCUT2D eigenvalue weighted by molar-refractivity contribution is 5.93. The molecule has 1 aromatic rings. The zero-order valence-corrected chi connectivity index (χ0v) is 8.66. The molecule has 0 fully saturated rings. The maximum Gasteiger partial charge on any atom is 0.339 e. The van der Waals surface area contributed by atoms with Crippen molar-refractivity contribution in [3.05, 3.63) is 23.5 Å². The van der Waals surface area contributed by atoms with E-state index in [1.165, 1.54) is 6.20 Å². The molecule has 1 heterocycles. The summed E-state index contributed by atoms with van der Waals surface area (Å²) in [4.78, 5) is 14.8. The monoisotopic (exact) mass is 204 g/mol. The van der Waals surface area contributed by atoms with Crippen LogP contribution in [0.25, 0.3) is 0 Å². The smallest absolute Gasteiger partial charge is 0.339 e. The highest BCUT2D eigenvalue weighted by atomic mass is 16.4. The number of rotatable bonds is 3. The molecule has 0 aliphatic heterocycles. The number of pyridine rings is 1. The first kappa shape index (κ1) is 11.1. The van der Waals surface area contributed by atoms with Crippen LogP contribution >= 0.6 is 0 Å². The Morgan fingerprint density at radius 3 is 3.00 bits per heavy atom. The Hall–Kier alpha value is -2.02. The Labute approximate surface area is 88.3 Å². The van der Waals surface area contributed by atoms with Gasteiger partial charge in [0.15, 0.2) is 0 Å². The fourth-order valence-corrected chi connectivity index (χ4v) is 1.10. The lowest BCUT2D eigenvalue weighted by atomic mass is 10.2. The first-order valence-corrected chi connectivity index (χ1v) is 4.48. The first-order chi connectivity index (χ1) is 7.15. The molecule has 2 N–H and O–H groups in total. The van der Waals surface area contributed by atoms with Crippen LogP contribution in [-0.4, -0.2) is 22.6 Å². The molecular formula is C11H12N2O2. The molecule has 0 atom stereocenters. The van der Waals surface area contributed by atoms with Gasteiger partial charge in [-0.05, 0) is 19.9 Å². The van der Waals surface area contributed by atoms with Gasteiger partial charge in [0.2, 0.25) is 0 Å². The van der Waals surface area contributed by atoms with E-state index in [-0.39, 0.29) is 5.56 Å². The highest BCUT2D eigenvalue weighted by Gasteiger charge is 2.09. The second-order valence-corrected chi connectivity index (χ2v) is 2.96. The minimum atomic E-state index is -0.991. The van der Waals surface area contributed by atoms with Gasteiger partial charge in [-0.25, -0.2) is 4.79 Å². The molecular weight excluding hydrogens is 192 g/mol. The number of hydrogen-bond donors (Lipinski definition) is 2. The molecule has 0 unspecified atom stereocenters. The van der Waals surface area contributed by atoms with Gasteiger partial charge in [0.1, 0.15) is 5.56 Å². The van der Waals surface area contributed by atoms with Crippen molar-refractivity contribution >= 4 is 11.7 Å². The van der Waals surface area contributed by atoms with Gasteiger partial charge >= 0.3 is 5.97 Å². The van der Waals surface area contributed by atoms with E-state index in [0.29, 0.717) is 12.2 Å². The summed E-state index contributed by atoms with van der Waals surface area (Å²) in [5.41, 5.74) is 1.49. The highest BCUT2D eigenvalue weighted by Crippen LogP contribution is 2.14. The van der Waals surface area contributed by atoms with Crippen LogP contribution in [0.15, 0.2) is 12.3 Å². The summed E-state index contributed by atoms with van der Waals surface area (Å²) in [7, 11) is 0. The lowest BCUT2D eigenvalue weighted by Gasteiger charge is -2.06. The van der Waals surface area contributed by atoms with Gasteiger partial charge < -0.3 is 10.4 Å². The Kier molecular flexibility index (Phi) is 3.69. The number of aryl methyl sites for hydroxylation is 1. The Morgan fingerprint density at radius 2 is 2.40 bits per heavy atom. The third-order valence-electron chi connectivity index (χ3n) is 1.82. The number of nitrogens with one attached hydrogen (secondary N) is 1. The molecule has 4 nitrogen and oxygen atoms in total. The van der Waals surface area contributed by atoms with E-state index in [2.05, 4.69) is 22.1 Å². The summed E-state index contributed by atoms with van der Waals surface area (Å²) in [5.74, 6) is 4.54. The maximum atomic E-state index is 10.8. The van der Waals surface area contributed by atoms with Gasteiger partial charge in [-0.2, -0.15) is 0 Å². The van der Waals surface area contributed by atoms with Crippen LogP contribution in [-0.2, 0) is 0 Å². The van der Waals surface area contributed by atoms with Gasteiger partial charge in [-0.1, -0.05) is 5.92 Å². The molecule has 0 spiro atoms. The number of nitrogens with zero attached hydrogens (tertiary/aromatic N) is 1. The van der Waals surface area contributed by atoms with E-state index in [1.54, 1.807) is 13.0 Å². The molecule has 0 bridgehead atoms. The first-order valence-electron chi connectivity index (χ1n) is 4.48. The Morgan fingerprint density at radius 1 is 1.67 bits per heavy atom. The number of anilines is 1. The minimum Gasteiger partial charge on any atom is -0.478 e. The Balaban J connectivity index is 2.95. The quantitative estimate of drug-likeness (QED) is 0.733. The van der Waals surface area contributed by atoms with Crippen LogP contribution in [0.4, 0.5) is 5.69 Å². The van der Waals surface area contributed by atoms with Crippen molar-refractivity contribution in [1.82, 2.24) is 4.98 Å². The zero-order valence-electron chi connectivity index (χ0n) is 8.66. The predicted molar refractivity (Wildman–Crippen MR) is 57.9 cm³/mol. The predicted octanol–water partition coefficient (Wildman–Crippen LogP) is 1.52. The number of carboxylic acid groups (broad SMARTS) is 1. The molecule has 4 heteroatoms. The third-order valence-corrected chi connectivity index (χ3v) is 1.82. The molecule has 0 aliphatic carbocycles. The lowest BCUT2D eigenvalue weighted by molar-refractivity contribution is 0.0697. The van der Waals surface area contributed by atoms with E-state index < -0.39 is 5.97 Å². The number of aromatic carboxylic acids is 1. The summed E-state index contributed by atoms with van der Waals surface area (Å²) in [6.45, 7) is 3.97. The Bertz CT molecular complexity index is 430. The van der Waals surface area contributed by atoms with Crippen LogP contribution < -0.4 is 5.32 Å². The summed E-state index contributed by atoms with van der Waals surface area (Å²) in [5, 5.41) is 11.8. The van der Waals surface area contributed by atoms with E-state index >= 15 is 0 Å². The molecule has 0 saturated carbocycles. The fraction of sp³-hybridized carbons (Fsp3) is 0.273. The van der Waals surface area contributed by atoms with Gasteiger partial charge in [0.05, 0.1) is 12.2 Å². The zero-order chi connectivity index (χ0) is 11.3. The molecule has 1 aromatic heterocycles. The SMILES string of the molecule is CC#CCNc1cc(C)ncc1C(=O)O. The number of carbonyl (C=O) groups is 1. The van der Waals surface area contributed by atoms with Crippen LogP contribution in [0.5, 0.6) is 0 Å². The molecule has 0 aliphatic rings. The van der Waals surface area contributed by atoms with E-state index in [9.17, 15) is 4.79 Å². The molecule has 15 heavy (non-hydrogen) atoms. The fourth-order valence-electron chi connectivity index (χ4n) is 1.10. The standard InChI is InChI=1S/C11H12N2O2/c1-3-4-5-12-10-6-8(2)13-7-9(10)11(14)15/h6-7H,5H2,1-2H3,(H,12,13)(H,14,15). The van der Waals surface area contributed by atoms with Gasteiger partial charge in [-0.15, -0.1) is 5.92 Å². The average molecular weight is 204 g/mol. The largest absolute Gasteiger partial charge is 0.478 e. The van der Waals surface area contributed by atoms with Crippen molar-refractivity contribution in [2.24, 2.45) is 0 Å². The van der Waals surface area contributed by atoms with Crippen molar-refractivity contribution < 1.29 is 9.90 Å².